The Morgan fingerprint density at radius 3 is 2.38 bits per heavy atom. The number of allylic oxidation sites excluding steroid dienone is 4. The van der Waals surface area contributed by atoms with E-state index >= 15 is 0 Å². The monoisotopic (exact) mass is 258 g/mol. The van der Waals surface area contributed by atoms with E-state index in [-0.39, 0.29) is 6.42 Å². The van der Waals surface area contributed by atoms with Crippen LogP contribution in [0.25, 0.3) is 0 Å². The molecule has 1 aliphatic rings. The molecular formula is C8H7BrF4. The zero-order valence-electron chi connectivity index (χ0n) is 6.54. The van der Waals surface area contributed by atoms with Crippen molar-refractivity contribution in [3.63, 3.8) is 0 Å². The fourth-order valence-corrected chi connectivity index (χ4v) is 1.51. The third kappa shape index (κ3) is 2.56. The van der Waals surface area contributed by atoms with Gasteiger partial charge in [-0.25, -0.2) is 4.39 Å². The lowest BCUT2D eigenvalue weighted by molar-refractivity contribution is -0.100. The minimum Gasteiger partial charge on any atom is -0.242 e. The van der Waals surface area contributed by atoms with Gasteiger partial charge in [-0.2, -0.15) is 13.2 Å². The minimum absolute atomic E-state index is 0.170. The molecule has 5 heteroatoms. The second-order valence-corrected chi connectivity index (χ2v) is 3.31. The maximum absolute atomic E-state index is 12.9. The molecule has 0 N–H and O–H groups in total. The number of hydrogen-bond acceptors (Lipinski definition) is 0. The molecule has 0 aliphatic heterocycles. The zero-order valence-corrected chi connectivity index (χ0v) is 8.12. The van der Waals surface area contributed by atoms with Crippen molar-refractivity contribution in [1.82, 2.24) is 0 Å². The third-order valence-corrected chi connectivity index (χ3v) is 2.50. The lowest BCUT2D eigenvalue weighted by Crippen LogP contribution is -2.23. The van der Waals surface area contributed by atoms with Crippen LogP contribution in [0.5, 0.6) is 0 Å². The van der Waals surface area contributed by atoms with Crippen LogP contribution < -0.4 is 0 Å². The smallest absolute Gasteiger partial charge is 0.242 e. The Hall–Kier alpha value is -0.320. The van der Waals surface area contributed by atoms with Crippen molar-refractivity contribution in [3.8, 4) is 0 Å². The molecule has 0 nitrogen and oxygen atoms in total. The molecule has 1 aliphatic carbocycles. The molecule has 1 rings (SSSR count). The van der Waals surface area contributed by atoms with Gasteiger partial charge in [0.1, 0.15) is 6.17 Å². The highest BCUT2D eigenvalue weighted by molar-refractivity contribution is 9.09. The largest absolute Gasteiger partial charge is 0.415 e. The van der Waals surface area contributed by atoms with Crippen molar-refractivity contribution in [3.05, 3.63) is 23.3 Å². The topological polar surface area (TPSA) is 0 Å². The number of rotatable bonds is 1. The zero-order chi connectivity index (χ0) is 10.1. The van der Waals surface area contributed by atoms with Crippen LogP contribution in [-0.2, 0) is 0 Å². The molecule has 1 unspecified atom stereocenters. The Morgan fingerprint density at radius 1 is 1.38 bits per heavy atom. The van der Waals surface area contributed by atoms with E-state index in [4.69, 9.17) is 0 Å². The molecule has 0 aromatic carbocycles. The number of halogens is 5. The Balaban J connectivity index is 2.88. The Kier molecular flexibility index (Phi) is 3.16. The van der Waals surface area contributed by atoms with E-state index < -0.39 is 17.9 Å². The number of alkyl halides is 5. The van der Waals surface area contributed by atoms with Crippen molar-refractivity contribution in [2.75, 3.05) is 5.33 Å². The van der Waals surface area contributed by atoms with Crippen molar-refractivity contribution in [2.24, 2.45) is 0 Å². The van der Waals surface area contributed by atoms with Crippen LogP contribution in [0.2, 0.25) is 0 Å². The van der Waals surface area contributed by atoms with Gasteiger partial charge in [-0.3, -0.25) is 0 Å². The second-order valence-electron chi connectivity index (χ2n) is 2.75. The van der Waals surface area contributed by atoms with Crippen LogP contribution in [-0.4, -0.2) is 17.7 Å². The van der Waals surface area contributed by atoms with Crippen LogP contribution in [0, 0.1) is 0 Å². The highest BCUT2D eigenvalue weighted by atomic mass is 79.9. The highest BCUT2D eigenvalue weighted by Crippen LogP contribution is 2.35. The first-order valence-corrected chi connectivity index (χ1v) is 4.74. The maximum atomic E-state index is 12.9. The highest BCUT2D eigenvalue weighted by Gasteiger charge is 2.39. The van der Waals surface area contributed by atoms with E-state index in [9.17, 15) is 17.6 Å². The SMILES string of the molecule is FC1CC(CBr)=CC=C1C(F)(F)F. The summed E-state index contributed by atoms with van der Waals surface area (Å²) < 4.78 is 49.2. The molecule has 13 heavy (non-hydrogen) atoms. The summed E-state index contributed by atoms with van der Waals surface area (Å²) in [5.41, 5.74) is -0.447. The molecule has 0 fully saturated rings. The first-order valence-electron chi connectivity index (χ1n) is 3.62. The van der Waals surface area contributed by atoms with Crippen LogP contribution >= 0.6 is 15.9 Å². The predicted octanol–water partition coefficient (Wildman–Crippen LogP) is 3.54. The van der Waals surface area contributed by atoms with Crippen LogP contribution in [0.15, 0.2) is 23.3 Å². The van der Waals surface area contributed by atoms with E-state index in [2.05, 4.69) is 15.9 Å². The normalized spacial score (nSPS) is 23.9. The number of hydrogen-bond donors (Lipinski definition) is 0. The molecule has 0 saturated heterocycles. The molecule has 74 valence electrons. The molecule has 0 saturated carbocycles. The standard InChI is InChI=1S/C8H7BrF4/c9-4-5-1-2-6(7(10)3-5)8(11,12)13/h1-2,7H,3-4H2. The summed E-state index contributed by atoms with van der Waals surface area (Å²) in [6, 6.07) is 0. The molecule has 0 aromatic rings. The molecule has 0 heterocycles. The van der Waals surface area contributed by atoms with Gasteiger partial charge in [0.2, 0.25) is 0 Å². The summed E-state index contributed by atoms with van der Waals surface area (Å²) in [4.78, 5) is 0. The van der Waals surface area contributed by atoms with E-state index in [1.54, 1.807) is 0 Å². The van der Waals surface area contributed by atoms with Gasteiger partial charge in [0, 0.05) is 11.8 Å². The van der Waals surface area contributed by atoms with Crippen molar-refractivity contribution in [2.45, 2.75) is 18.8 Å². The summed E-state index contributed by atoms with van der Waals surface area (Å²) in [5.74, 6) is 0. The van der Waals surface area contributed by atoms with Gasteiger partial charge in [0.15, 0.2) is 0 Å². The summed E-state index contributed by atoms with van der Waals surface area (Å²) in [7, 11) is 0. The van der Waals surface area contributed by atoms with Crippen LogP contribution in [0.1, 0.15) is 6.42 Å². The summed E-state index contributed by atoms with van der Waals surface area (Å²) >= 11 is 3.06. The van der Waals surface area contributed by atoms with Crippen LogP contribution in [0.3, 0.4) is 0 Å². The molecule has 1 atom stereocenters. The molecular weight excluding hydrogens is 252 g/mol. The Bertz CT molecular complexity index is 251. The van der Waals surface area contributed by atoms with Gasteiger partial charge in [-0.05, 0) is 0 Å². The third-order valence-electron chi connectivity index (χ3n) is 1.78. The lowest BCUT2D eigenvalue weighted by Gasteiger charge is -2.19. The second kappa shape index (κ2) is 3.82. The maximum Gasteiger partial charge on any atom is 0.415 e. The summed E-state index contributed by atoms with van der Waals surface area (Å²) in [6.07, 6.45) is -4.51. The van der Waals surface area contributed by atoms with Gasteiger partial charge in [-0.1, -0.05) is 33.7 Å². The average Bonchev–Trinajstić information content (AvgIpc) is 2.01. The minimum atomic E-state index is -4.55. The molecule has 0 aromatic heterocycles. The van der Waals surface area contributed by atoms with E-state index in [1.807, 2.05) is 0 Å². The molecule has 0 radical (unpaired) electrons. The summed E-state index contributed by atoms with van der Waals surface area (Å²) in [6.45, 7) is 0. The van der Waals surface area contributed by atoms with E-state index in [0.29, 0.717) is 10.9 Å². The van der Waals surface area contributed by atoms with Gasteiger partial charge >= 0.3 is 6.18 Å². The fraction of sp³-hybridized carbons (Fsp3) is 0.500. The van der Waals surface area contributed by atoms with Crippen molar-refractivity contribution in [1.29, 1.82) is 0 Å². The summed E-state index contributed by atoms with van der Waals surface area (Å²) in [5, 5.41) is 0.412. The predicted molar refractivity (Wildman–Crippen MR) is 45.5 cm³/mol. The molecule has 0 amide bonds. The molecule has 0 spiro atoms. The van der Waals surface area contributed by atoms with Gasteiger partial charge in [0.05, 0.1) is 5.57 Å². The Morgan fingerprint density at radius 2 is 2.00 bits per heavy atom. The molecule has 0 bridgehead atoms. The average molecular weight is 259 g/mol. The van der Waals surface area contributed by atoms with Crippen LogP contribution in [0.4, 0.5) is 17.6 Å². The van der Waals surface area contributed by atoms with Crippen molar-refractivity contribution >= 4 is 15.9 Å². The van der Waals surface area contributed by atoms with Crippen molar-refractivity contribution < 1.29 is 17.6 Å². The fourth-order valence-electron chi connectivity index (χ4n) is 1.09. The lowest BCUT2D eigenvalue weighted by atomic mass is 9.97. The first kappa shape index (κ1) is 10.8. The van der Waals surface area contributed by atoms with E-state index in [1.165, 1.54) is 6.08 Å². The van der Waals surface area contributed by atoms with Gasteiger partial charge < -0.3 is 0 Å². The Labute approximate surface area is 81.4 Å². The first-order chi connectivity index (χ1) is 5.95. The van der Waals surface area contributed by atoms with Gasteiger partial charge in [0.25, 0.3) is 0 Å². The van der Waals surface area contributed by atoms with Gasteiger partial charge in [-0.15, -0.1) is 0 Å². The van der Waals surface area contributed by atoms with E-state index in [0.717, 1.165) is 6.08 Å². The quantitative estimate of drug-likeness (QED) is 0.499.